The molecule has 4 aliphatic carbocycles. The van der Waals surface area contributed by atoms with Crippen molar-refractivity contribution >= 4 is 5.91 Å². The normalized spacial score (nSPS) is 33.2. The van der Waals surface area contributed by atoms with Gasteiger partial charge >= 0.3 is 0 Å². The maximum Gasteiger partial charge on any atom is 0.253 e. The van der Waals surface area contributed by atoms with Gasteiger partial charge in [0.25, 0.3) is 5.91 Å². The molecule has 1 N–H and O–H groups in total. The molecule has 5 rings (SSSR count). The predicted octanol–water partition coefficient (Wildman–Crippen LogP) is 6.99. The largest absolute Gasteiger partial charge is 0.512 e. The van der Waals surface area contributed by atoms with Crippen LogP contribution in [0.5, 0.6) is 0 Å². The monoisotopic (exact) mass is 520 g/mol. The Morgan fingerprint density at radius 1 is 1.26 bits per heavy atom. The highest BCUT2D eigenvalue weighted by molar-refractivity contribution is 5.96. The Kier molecular flexibility index (Phi) is 7.86. The fraction of sp³-hybridized carbons (Fsp3) is 0.606. The van der Waals surface area contributed by atoms with Crippen LogP contribution < -0.4 is 0 Å². The molecule has 1 amide bonds. The smallest absolute Gasteiger partial charge is 0.253 e. The molecule has 0 aromatic rings. The summed E-state index contributed by atoms with van der Waals surface area (Å²) in [6, 6.07) is 0.467. The van der Waals surface area contributed by atoms with Crippen LogP contribution in [0.2, 0.25) is 0 Å². The van der Waals surface area contributed by atoms with Gasteiger partial charge in [0.1, 0.15) is 0 Å². The lowest BCUT2D eigenvalue weighted by Crippen LogP contribution is -2.64. The molecule has 5 heteroatoms. The summed E-state index contributed by atoms with van der Waals surface area (Å²) < 4.78 is 13.3. The Morgan fingerprint density at radius 3 is 2.89 bits per heavy atom. The second-order valence-electron chi connectivity index (χ2n) is 12.2. The first kappa shape index (κ1) is 27.2. The van der Waals surface area contributed by atoms with E-state index < -0.39 is 0 Å². The predicted molar refractivity (Wildman–Crippen MR) is 152 cm³/mol. The number of rotatable bonds is 8. The van der Waals surface area contributed by atoms with Crippen molar-refractivity contribution < 1.29 is 14.3 Å². The van der Waals surface area contributed by atoms with E-state index in [2.05, 4.69) is 49.1 Å². The number of aliphatic hydroxyl groups is 1. The van der Waals surface area contributed by atoms with Gasteiger partial charge < -0.3 is 10.0 Å². The first-order valence-electron chi connectivity index (χ1n) is 14.8. The van der Waals surface area contributed by atoms with Crippen molar-refractivity contribution in [3.8, 4) is 0 Å². The quantitative estimate of drug-likeness (QED) is 0.375. The van der Waals surface area contributed by atoms with Crippen molar-refractivity contribution in [2.45, 2.75) is 83.7 Å². The summed E-state index contributed by atoms with van der Waals surface area (Å²) >= 11 is 0. The minimum absolute atomic E-state index is 0.0140. The van der Waals surface area contributed by atoms with Crippen molar-refractivity contribution in [2.24, 2.45) is 16.7 Å². The number of halogens is 1. The van der Waals surface area contributed by atoms with Crippen LogP contribution in [0.3, 0.4) is 0 Å². The molecule has 5 atom stereocenters. The molecular formula is C33H45FN2O2. The Bertz CT molecular complexity index is 1110. The molecule has 0 radical (unpaired) electrons. The van der Waals surface area contributed by atoms with Gasteiger partial charge in [-0.1, -0.05) is 56.7 Å². The summed E-state index contributed by atoms with van der Waals surface area (Å²) in [5, 5.41) is 10.9. The molecule has 1 saturated carbocycles. The number of allylic oxidation sites excluding steroid dienone is 8. The number of carbonyl (C=O) groups excluding carboxylic acids is 1. The topological polar surface area (TPSA) is 43.8 Å². The summed E-state index contributed by atoms with van der Waals surface area (Å²) in [5.41, 5.74) is 3.28. The Balaban J connectivity index is 1.60. The number of likely N-dealkylation sites (N-methyl/N-ethyl adjacent to an activating group) is 1. The van der Waals surface area contributed by atoms with Gasteiger partial charge in [0.05, 0.1) is 12.4 Å². The first-order chi connectivity index (χ1) is 18.4. The van der Waals surface area contributed by atoms with Gasteiger partial charge in [0, 0.05) is 43.1 Å². The molecule has 0 aromatic carbocycles. The van der Waals surface area contributed by atoms with Crippen LogP contribution in [0, 0.1) is 16.7 Å². The third kappa shape index (κ3) is 4.35. The van der Waals surface area contributed by atoms with Crippen LogP contribution in [0.1, 0.15) is 71.6 Å². The summed E-state index contributed by atoms with van der Waals surface area (Å²) in [5.74, 6) is 0.834. The van der Waals surface area contributed by atoms with Gasteiger partial charge in [0.2, 0.25) is 0 Å². The zero-order valence-corrected chi connectivity index (χ0v) is 23.5. The number of nitrogens with zero attached hydrogens (tertiary/aromatic N) is 2. The Morgan fingerprint density at radius 2 is 2.11 bits per heavy atom. The van der Waals surface area contributed by atoms with E-state index in [0.29, 0.717) is 30.6 Å². The first-order valence-corrected chi connectivity index (χ1v) is 14.8. The fourth-order valence-electron chi connectivity index (χ4n) is 8.78. The van der Waals surface area contributed by atoms with Crippen molar-refractivity contribution in [2.75, 3.05) is 26.8 Å². The standard InChI is InChI=1S/C33H45FN2O2/c1-4-11-29(35(3)31(38)24-12-7-5-6-8-13-24)27-16-17-32(2)30-22-25-14-9-15-26(37)23-28(25)33(27,32)18-21-36(30)20-10-19-34/h5,7-9,12-14,23,27,29-30,37H,4,6,10-11,15-22H2,1-3H3. The molecule has 4 nitrogen and oxygen atoms in total. The van der Waals surface area contributed by atoms with E-state index in [0.717, 1.165) is 63.6 Å². The zero-order valence-electron chi connectivity index (χ0n) is 23.5. The SMILES string of the molecule is CCCC(C1CCC2(C)C3CC4=C(C=C(O)CC=C4)C12CCN3CCCF)N(C)C(=O)C1=CC=CCC=C1. The van der Waals surface area contributed by atoms with Gasteiger partial charge in [-0.15, -0.1) is 0 Å². The van der Waals surface area contributed by atoms with E-state index in [1.807, 2.05) is 30.2 Å². The molecule has 0 aromatic heterocycles. The number of aliphatic hydroxyl groups excluding tert-OH is 1. The third-order valence-corrected chi connectivity index (χ3v) is 10.5. The number of carbonyl (C=O) groups is 1. The van der Waals surface area contributed by atoms with E-state index in [4.69, 9.17) is 0 Å². The average molecular weight is 521 g/mol. The molecule has 5 aliphatic rings. The Hall–Kier alpha value is -2.40. The van der Waals surface area contributed by atoms with Gasteiger partial charge in [-0.25, -0.2) is 0 Å². The number of hydrogen-bond acceptors (Lipinski definition) is 3. The van der Waals surface area contributed by atoms with E-state index in [1.54, 1.807) is 0 Å². The highest BCUT2D eigenvalue weighted by Gasteiger charge is 2.68. The number of likely N-dealkylation sites (tertiary alicyclic amines) is 1. The van der Waals surface area contributed by atoms with Gasteiger partial charge in [-0.05, 0) is 86.1 Å². The van der Waals surface area contributed by atoms with Crippen LogP contribution in [0.15, 0.2) is 71.1 Å². The number of hydrogen-bond donors (Lipinski definition) is 1. The van der Waals surface area contributed by atoms with Crippen molar-refractivity contribution in [1.29, 1.82) is 0 Å². The maximum atomic E-state index is 13.8. The maximum absolute atomic E-state index is 13.8. The summed E-state index contributed by atoms with van der Waals surface area (Å²) in [7, 11) is 2.00. The lowest BCUT2D eigenvalue weighted by Gasteiger charge is -2.63. The minimum atomic E-state index is -0.275. The van der Waals surface area contributed by atoms with Crippen molar-refractivity contribution in [1.82, 2.24) is 9.80 Å². The van der Waals surface area contributed by atoms with E-state index >= 15 is 0 Å². The van der Waals surface area contributed by atoms with E-state index in [1.165, 1.54) is 11.1 Å². The second-order valence-corrected chi connectivity index (χ2v) is 12.2. The molecule has 5 unspecified atom stereocenters. The van der Waals surface area contributed by atoms with Gasteiger partial charge in [-0.2, -0.15) is 0 Å². The van der Waals surface area contributed by atoms with Gasteiger partial charge in [0.15, 0.2) is 0 Å². The van der Waals surface area contributed by atoms with E-state index in [9.17, 15) is 14.3 Å². The molecule has 0 spiro atoms. The highest BCUT2D eigenvalue weighted by Crippen LogP contribution is 2.71. The summed E-state index contributed by atoms with van der Waals surface area (Å²) in [4.78, 5) is 18.4. The zero-order chi connectivity index (χ0) is 26.9. The molecule has 38 heavy (non-hydrogen) atoms. The summed E-state index contributed by atoms with van der Waals surface area (Å²) in [6.45, 7) is 6.16. The molecule has 2 fully saturated rings. The number of piperidine rings is 1. The van der Waals surface area contributed by atoms with Crippen LogP contribution in [0.25, 0.3) is 0 Å². The van der Waals surface area contributed by atoms with Crippen molar-refractivity contribution in [3.63, 3.8) is 0 Å². The van der Waals surface area contributed by atoms with Crippen molar-refractivity contribution in [3.05, 3.63) is 71.1 Å². The highest BCUT2D eigenvalue weighted by atomic mass is 19.1. The van der Waals surface area contributed by atoms with E-state index in [-0.39, 0.29) is 29.5 Å². The van der Waals surface area contributed by atoms with Crippen LogP contribution in [0.4, 0.5) is 4.39 Å². The van der Waals surface area contributed by atoms with Crippen LogP contribution in [-0.2, 0) is 4.79 Å². The van der Waals surface area contributed by atoms with Gasteiger partial charge in [-0.3, -0.25) is 14.1 Å². The molecule has 1 aliphatic heterocycles. The average Bonchev–Trinajstić information content (AvgIpc) is 3.08. The third-order valence-electron chi connectivity index (χ3n) is 10.5. The Labute approximate surface area is 228 Å². The molecular weight excluding hydrogens is 475 g/mol. The van der Waals surface area contributed by atoms with Crippen LogP contribution >= 0.6 is 0 Å². The molecule has 206 valence electrons. The molecule has 1 heterocycles. The second kappa shape index (κ2) is 11.0. The number of alkyl halides is 1. The van der Waals surface area contributed by atoms with Crippen LogP contribution in [-0.4, -0.2) is 59.7 Å². The molecule has 1 saturated heterocycles. The fourth-order valence-corrected chi connectivity index (χ4v) is 8.78. The lowest BCUT2D eigenvalue weighted by molar-refractivity contribution is -0.132. The summed E-state index contributed by atoms with van der Waals surface area (Å²) in [6.07, 6.45) is 24.5. The lowest BCUT2D eigenvalue weighted by atomic mass is 9.47. The molecule has 2 bridgehead atoms. The minimum Gasteiger partial charge on any atom is -0.512 e. The number of amides is 1.